The molecular formula is C15H26. The lowest BCUT2D eigenvalue weighted by Crippen LogP contribution is -2.47. The van der Waals surface area contributed by atoms with Gasteiger partial charge in [0.15, 0.2) is 0 Å². The Morgan fingerprint density at radius 2 is 1.40 bits per heavy atom. The van der Waals surface area contributed by atoms with Crippen molar-refractivity contribution in [3.05, 3.63) is 0 Å². The van der Waals surface area contributed by atoms with E-state index in [1.54, 1.807) is 0 Å². The zero-order valence-corrected chi connectivity index (χ0v) is 10.5. The van der Waals surface area contributed by atoms with Crippen molar-refractivity contribution in [1.29, 1.82) is 0 Å². The van der Waals surface area contributed by atoms with E-state index in [4.69, 9.17) is 2.74 Å². The third-order valence-electron chi connectivity index (χ3n) is 4.68. The molecule has 0 aromatic rings. The van der Waals surface area contributed by atoms with Crippen LogP contribution in [0.1, 0.15) is 68.4 Å². The van der Waals surface area contributed by atoms with Gasteiger partial charge in [0.1, 0.15) is 0 Å². The largest absolute Gasteiger partial charge is 0.0602 e. The first-order valence-corrected chi connectivity index (χ1v) is 6.73. The first-order valence-electron chi connectivity index (χ1n) is 7.73. The zero-order chi connectivity index (χ0) is 12.5. The van der Waals surface area contributed by atoms with E-state index in [9.17, 15) is 0 Å². The van der Waals surface area contributed by atoms with Crippen LogP contribution >= 0.6 is 0 Å². The molecule has 0 nitrogen and oxygen atoms in total. The molecule has 0 radical (unpaired) electrons. The standard InChI is InChI=1S/C15H26/c1-14(2,3)10-15-7-11-4-12(8-15)6-13(5-11)9-15/h11-13H,4-10H2,1-3H3/i10D2. The van der Waals surface area contributed by atoms with E-state index in [1.165, 1.54) is 38.5 Å². The molecule has 0 heteroatoms. The highest BCUT2D eigenvalue weighted by atomic mass is 14.6. The summed E-state index contributed by atoms with van der Waals surface area (Å²) in [4.78, 5) is 0. The van der Waals surface area contributed by atoms with Crippen LogP contribution < -0.4 is 0 Å². The maximum absolute atomic E-state index is 8.72. The Morgan fingerprint density at radius 1 is 1.00 bits per heavy atom. The molecule has 4 bridgehead atoms. The van der Waals surface area contributed by atoms with E-state index >= 15 is 0 Å². The van der Waals surface area contributed by atoms with Crippen LogP contribution in [0.2, 0.25) is 0 Å². The van der Waals surface area contributed by atoms with Gasteiger partial charge in [0.2, 0.25) is 0 Å². The lowest BCUT2D eigenvalue weighted by atomic mass is 9.47. The van der Waals surface area contributed by atoms with Crippen molar-refractivity contribution in [2.24, 2.45) is 28.6 Å². The van der Waals surface area contributed by atoms with E-state index in [0.29, 0.717) is 0 Å². The second kappa shape index (κ2) is 3.02. The predicted octanol–water partition coefficient (Wildman–Crippen LogP) is 4.64. The van der Waals surface area contributed by atoms with Crippen LogP contribution in [0.3, 0.4) is 0 Å². The van der Waals surface area contributed by atoms with Crippen LogP contribution in [0.5, 0.6) is 0 Å². The molecule has 0 aromatic heterocycles. The van der Waals surface area contributed by atoms with E-state index in [-0.39, 0.29) is 10.8 Å². The summed E-state index contributed by atoms with van der Waals surface area (Å²) in [5, 5.41) is 0. The van der Waals surface area contributed by atoms with Crippen molar-refractivity contribution in [2.75, 3.05) is 0 Å². The SMILES string of the molecule is [2H]C([2H])(C(C)(C)C)C12CC3CC(CC(C3)C1)C2. The smallest absolute Gasteiger partial charge is 0.0278 e. The van der Waals surface area contributed by atoms with E-state index in [0.717, 1.165) is 17.8 Å². The molecule has 86 valence electrons. The van der Waals surface area contributed by atoms with Gasteiger partial charge in [-0.1, -0.05) is 20.8 Å². The Labute approximate surface area is 97.6 Å². The normalized spacial score (nSPS) is 51.5. The molecule has 0 saturated heterocycles. The van der Waals surface area contributed by atoms with Gasteiger partial charge in [-0.15, -0.1) is 0 Å². The van der Waals surface area contributed by atoms with E-state index in [1.807, 2.05) is 0 Å². The highest BCUT2D eigenvalue weighted by molar-refractivity contribution is 5.02. The topological polar surface area (TPSA) is 0 Å². The van der Waals surface area contributed by atoms with Gasteiger partial charge in [-0.25, -0.2) is 0 Å². The van der Waals surface area contributed by atoms with Gasteiger partial charge in [-0.2, -0.15) is 0 Å². The summed E-state index contributed by atoms with van der Waals surface area (Å²) >= 11 is 0. The summed E-state index contributed by atoms with van der Waals surface area (Å²) in [6.07, 6.45) is 6.71. The van der Waals surface area contributed by atoms with Crippen molar-refractivity contribution in [1.82, 2.24) is 0 Å². The number of rotatable bonds is 1. The third-order valence-corrected chi connectivity index (χ3v) is 4.68. The van der Waals surface area contributed by atoms with Gasteiger partial charge >= 0.3 is 0 Å². The fraction of sp³-hybridized carbons (Fsp3) is 1.00. The molecular weight excluding hydrogens is 180 g/mol. The summed E-state index contributed by atoms with van der Waals surface area (Å²) in [6, 6.07) is 0. The Kier molecular flexibility index (Phi) is 1.64. The molecule has 4 aliphatic rings. The summed E-state index contributed by atoms with van der Waals surface area (Å²) in [5.74, 6) is 2.54. The number of hydrogen-bond donors (Lipinski definition) is 0. The molecule has 0 aromatic carbocycles. The van der Waals surface area contributed by atoms with Gasteiger partial charge in [0, 0.05) is 2.74 Å². The maximum atomic E-state index is 8.72. The Morgan fingerprint density at radius 3 is 1.73 bits per heavy atom. The first-order chi connectivity index (χ1) is 7.73. The quantitative estimate of drug-likeness (QED) is 0.589. The molecule has 0 aliphatic heterocycles. The fourth-order valence-corrected chi connectivity index (χ4v) is 5.06. The van der Waals surface area contributed by atoms with Crippen LogP contribution in [-0.4, -0.2) is 0 Å². The Bertz CT molecular complexity index is 289. The summed E-state index contributed by atoms with van der Waals surface area (Å²) in [6.45, 7) is 6.27. The van der Waals surface area contributed by atoms with Crippen LogP contribution in [-0.2, 0) is 0 Å². The van der Waals surface area contributed by atoms with Crippen molar-refractivity contribution in [3.8, 4) is 0 Å². The van der Waals surface area contributed by atoms with Gasteiger partial charge in [-0.3, -0.25) is 0 Å². The second-order valence-corrected chi connectivity index (χ2v) is 7.57. The Hall–Kier alpha value is 0. The molecule has 4 rings (SSSR count). The van der Waals surface area contributed by atoms with Crippen LogP contribution in [0, 0.1) is 28.6 Å². The van der Waals surface area contributed by atoms with E-state index in [2.05, 4.69) is 20.8 Å². The lowest BCUT2D eigenvalue weighted by molar-refractivity contribution is -0.0722. The first kappa shape index (κ1) is 8.14. The molecule has 0 spiro atoms. The molecule has 0 heterocycles. The summed E-state index contributed by atoms with van der Waals surface area (Å²) in [7, 11) is 0. The van der Waals surface area contributed by atoms with Gasteiger partial charge in [0.05, 0.1) is 0 Å². The third kappa shape index (κ3) is 1.85. The summed E-state index contributed by atoms with van der Waals surface area (Å²) < 4.78 is 17.4. The maximum Gasteiger partial charge on any atom is 0.0278 e. The van der Waals surface area contributed by atoms with Crippen molar-refractivity contribution < 1.29 is 2.74 Å². The van der Waals surface area contributed by atoms with Gasteiger partial charge in [0.25, 0.3) is 0 Å². The zero-order valence-electron chi connectivity index (χ0n) is 12.5. The summed E-state index contributed by atoms with van der Waals surface area (Å²) in [5.41, 5.74) is -0.210. The van der Waals surface area contributed by atoms with Crippen LogP contribution in [0.4, 0.5) is 0 Å². The predicted molar refractivity (Wildman–Crippen MR) is 64.7 cm³/mol. The highest BCUT2D eigenvalue weighted by Gasteiger charge is 2.51. The number of hydrogen-bond acceptors (Lipinski definition) is 0. The van der Waals surface area contributed by atoms with Crippen LogP contribution in [0.25, 0.3) is 0 Å². The van der Waals surface area contributed by atoms with Gasteiger partial charge in [-0.05, 0) is 73.5 Å². The molecule has 15 heavy (non-hydrogen) atoms. The molecule has 0 unspecified atom stereocenters. The van der Waals surface area contributed by atoms with Crippen molar-refractivity contribution >= 4 is 0 Å². The average Bonchev–Trinajstić information content (AvgIpc) is 2.12. The van der Waals surface area contributed by atoms with Crippen molar-refractivity contribution in [2.45, 2.75) is 65.7 Å². The molecule has 0 atom stereocenters. The minimum atomic E-state index is -1.00. The average molecular weight is 208 g/mol. The molecule has 4 saturated carbocycles. The van der Waals surface area contributed by atoms with Crippen LogP contribution in [0.15, 0.2) is 0 Å². The lowest BCUT2D eigenvalue weighted by Gasteiger charge is -2.58. The second-order valence-electron chi connectivity index (χ2n) is 7.57. The molecule has 4 aliphatic carbocycles. The minimum absolute atomic E-state index is 0.0139. The van der Waals surface area contributed by atoms with Crippen molar-refractivity contribution in [3.63, 3.8) is 0 Å². The molecule has 4 fully saturated rings. The highest BCUT2D eigenvalue weighted by Crippen LogP contribution is 2.62. The molecule has 0 N–H and O–H groups in total. The monoisotopic (exact) mass is 208 g/mol. The molecule has 0 amide bonds. The van der Waals surface area contributed by atoms with Gasteiger partial charge < -0.3 is 0 Å². The minimum Gasteiger partial charge on any atom is -0.0602 e. The van der Waals surface area contributed by atoms with E-state index < -0.39 is 6.37 Å². The fourth-order valence-electron chi connectivity index (χ4n) is 5.06. The Balaban J connectivity index is 1.97.